The van der Waals surface area contributed by atoms with Gasteiger partial charge in [-0.15, -0.1) is 0 Å². The van der Waals surface area contributed by atoms with Crippen molar-refractivity contribution in [1.82, 2.24) is 9.36 Å². The number of nitrogens with one attached hydrogen (secondary N) is 1. The monoisotopic (exact) mass is 386 g/mol. The first kappa shape index (κ1) is 18.1. The molecule has 3 aromatic rings. The van der Waals surface area contributed by atoms with Crippen molar-refractivity contribution in [3.8, 4) is 17.6 Å². The van der Waals surface area contributed by atoms with Crippen molar-refractivity contribution in [2.24, 2.45) is 0 Å². The van der Waals surface area contributed by atoms with E-state index in [-0.39, 0.29) is 0 Å². The second kappa shape index (κ2) is 8.63. The van der Waals surface area contributed by atoms with Gasteiger partial charge in [0.2, 0.25) is 5.13 Å². The predicted molar refractivity (Wildman–Crippen MR) is 101 cm³/mol. The van der Waals surface area contributed by atoms with Crippen LogP contribution >= 0.6 is 23.1 Å². The molecule has 0 amide bonds. The molecule has 132 valence electrons. The maximum absolute atomic E-state index is 8.82. The van der Waals surface area contributed by atoms with Crippen LogP contribution in [0.25, 0.3) is 0 Å². The number of benzene rings is 2. The number of hydrogen-bond donors (Lipinski definition) is 1. The molecule has 0 spiro atoms. The van der Waals surface area contributed by atoms with Gasteiger partial charge in [0.1, 0.15) is 17.3 Å². The van der Waals surface area contributed by atoms with Crippen LogP contribution in [0.1, 0.15) is 11.4 Å². The number of hydrogen-bond acceptors (Lipinski definition) is 7. The van der Waals surface area contributed by atoms with Crippen molar-refractivity contribution in [2.75, 3.05) is 19.0 Å². The molecule has 0 radical (unpaired) electrons. The molecule has 0 unspecified atom stereocenters. The second-order valence-corrected chi connectivity index (χ2v) is 6.43. The first-order valence-electron chi connectivity index (χ1n) is 7.74. The largest absolute Gasteiger partial charge is 0.456 e. The molecule has 0 aliphatic heterocycles. The summed E-state index contributed by atoms with van der Waals surface area (Å²) in [4.78, 5) is 4.39. The standard InChI is InChI=1S/C18H15ClN4O2S/c1-24-9-8-17-22-18(26-23-17)21-13-4-7-16(15(19)10-13)25-14-5-2-12(11-20)3-6-14/h2-7,10H,8-9H2,1H3,(H,21,22,23). The van der Waals surface area contributed by atoms with Crippen LogP contribution in [-0.4, -0.2) is 23.1 Å². The van der Waals surface area contributed by atoms with Crippen LogP contribution < -0.4 is 10.1 Å². The van der Waals surface area contributed by atoms with Crippen LogP contribution in [0.3, 0.4) is 0 Å². The summed E-state index contributed by atoms with van der Waals surface area (Å²) >= 11 is 7.59. The van der Waals surface area contributed by atoms with E-state index in [0.717, 1.165) is 11.5 Å². The molecule has 0 atom stereocenters. The van der Waals surface area contributed by atoms with Gasteiger partial charge in [-0.05, 0) is 42.5 Å². The summed E-state index contributed by atoms with van der Waals surface area (Å²) in [6.07, 6.45) is 0.673. The van der Waals surface area contributed by atoms with Gasteiger partial charge in [0.25, 0.3) is 0 Å². The number of aromatic nitrogens is 2. The van der Waals surface area contributed by atoms with E-state index in [2.05, 4.69) is 20.7 Å². The number of ether oxygens (including phenoxy) is 2. The molecular weight excluding hydrogens is 372 g/mol. The highest BCUT2D eigenvalue weighted by Crippen LogP contribution is 2.32. The Balaban J connectivity index is 1.66. The zero-order chi connectivity index (χ0) is 18.4. The molecule has 0 aliphatic carbocycles. The highest BCUT2D eigenvalue weighted by atomic mass is 35.5. The zero-order valence-electron chi connectivity index (χ0n) is 13.9. The fourth-order valence-corrected chi connectivity index (χ4v) is 2.96. The minimum absolute atomic E-state index is 0.462. The maximum Gasteiger partial charge on any atom is 0.207 e. The average Bonchev–Trinajstić information content (AvgIpc) is 3.10. The van der Waals surface area contributed by atoms with E-state index in [9.17, 15) is 0 Å². The minimum atomic E-state index is 0.462. The van der Waals surface area contributed by atoms with Gasteiger partial charge in [0, 0.05) is 30.8 Å². The van der Waals surface area contributed by atoms with Crippen LogP contribution in [0.5, 0.6) is 11.5 Å². The maximum atomic E-state index is 8.82. The van der Waals surface area contributed by atoms with E-state index < -0.39 is 0 Å². The molecule has 0 fully saturated rings. The molecule has 2 aromatic carbocycles. The Labute approximate surface area is 160 Å². The quantitative estimate of drug-likeness (QED) is 0.628. The van der Waals surface area contributed by atoms with Gasteiger partial charge in [-0.25, -0.2) is 4.98 Å². The van der Waals surface area contributed by atoms with Crippen molar-refractivity contribution in [2.45, 2.75) is 6.42 Å². The van der Waals surface area contributed by atoms with Crippen molar-refractivity contribution in [3.63, 3.8) is 0 Å². The number of anilines is 2. The Morgan fingerprint density at radius 2 is 2.04 bits per heavy atom. The minimum Gasteiger partial charge on any atom is -0.456 e. The number of nitrogens with zero attached hydrogens (tertiary/aromatic N) is 3. The molecule has 0 saturated heterocycles. The van der Waals surface area contributed by atoms with Crippen LogP contribution in [0.2, 0.25) is 5.02 Å². The van der Waals surface area contributed by atoms with E-state index in [1.165, 1.54) is 11.5 Å². The van der Waals surface area contributed by atoms with Gasteiger partial charge in [0.15, 0.2) is 0 Å². The average molecular weight is 387 g/mol. The lowest BCUT2D eigenvalue weighted by molar-refractivity contribution is 0.201. The van der Waals surface area contributed by atoms with Gasteiger partial charge in [-0.1, -0.05) is 11.6 Å². The lowest BCUT2D eigenvalue weighted by Crippen LogP contribution is -1.97. The lowest BCUT2D eigenvalue weighted by atomic mass is 10.2. The number of halogens is 1. The van der Waals surface area contributed by atoms with Crippen LogP contribution in [0.15, 0.2) is 42.5 Å². The fourth-order valence-electron chi connectivity index (χ4n) is 2.11. The van der Waals surface area contributed by atoms with Crippen molar-refractivity contribution in [1.29, 1.82) is 5.26 Å². The first-order chi connectivity index (χ1) is 12.7. The molecule has 0 bridgehead atoms. The SMILES string of the molecule is COCCc1nsc(Nc2ccc(Oc3ccc(C#N)cc3)c(Cl)c2)n1. The third-order valence-electron chi connectivity index (χ3n) is 3.39. The van der Waals surface area contributed by atoms with E-state index in [0.29, 0.717) is 40.2 Å². The predicted octanol–water partition coefficient (Wildman–Crippen LogP) is 4.79. The number of rotatable bonds is 7. The van der Waals surface area contributed by atoms with Gasteiger partial charge in [-0.3, -0.25) is 0 Å². The van der Waals surface area contributed by atoms with Crippen LogP contribution in [0, 0.1) is 11.3 Å². The van der Waals surface area contributed by atoms with Gasteiger partial charge in [-0.2, -0.15) is 9.64 Å². The molecule has 6 nitrogen and oxygen atoms in total. The fraction of sp³-hybridized carbons (Fsp3) is 0.167. The zero-order valence-corrected chi connectivity index (χ0v) is 15.5. The molecular formula is C18H15ClN4O2S. The second-order valence-electron chi connectivity index (χ2n) is 5.27. The topological polar surface area (TPSA) is 80.1 Å². The van der Waals surface area contributed by atoms with Crippen LogP contribution in [0.4, 0.5) is 10.8 Å². The van der Waals surface area contributed by atoms with E-state index in [4.69, 9.17) is 26.3 Å². The van der Waals surface area contributed by atoms with E-state index in [1.54, 1.807) is 43.5 Å². The van der Waals surface area contributed by atoms with E-state index in [1.807, 2.05) is 6.07 Å². The normalized spacial score (nSPS) is 10.3. The Morgan fingerprint density at radius 3 is 2.73 bits per heavy atom. The van der Waals surface area contributed by atoms with Crippen LogP contribution in [-0.2, 0) is 11.2 Å². The number of nitriles is 1. The smallest absolute Gasteiger partial charge is 0.207 e. The first-order valence-corrected chi connectivity index (χ1v) is 8.89. The molecule has 3 rings (SSSR count). The summed E-state index contributed by atoms with van der Waals surface area (Å²) in [7, 11) is 1.65. The summed E-state index contributed by atoms with van der Waals surface area (Å²) in [5, 5.41) is 13.1. The Hall–Kier alpha value is -2.66. The molecule has 0 aliphatic rings. The summed E-state index contributed by atoms with van der Waals surface area (Å²) in [5.41, 5.74) is 1.36. The van der Waals surface area contributed by atoms with Gasteiger partial charge >= 0.3 is 0 Å². The van der Waals surface area contributed by atoms with E-state index >= 15 is 0 Å². The molecule has 1 N–H and O–H groups in total. The summed E-state index contributed by atoms with van der Waals surface area (Å²) in [6, 6.07) is 14.3. The summed E-state index contributed by atoms with van der Waals surface area (Å²) in [6.45, 7) is 0.587. The molecule has 8 heteroatoms. The Morgan fingerprint density at radius 1 is 1.23 bits per heavy atom. The van der Waals surface area contributed by atoms with Gasteiger partial charge in [0.05, 0.1) is 23.3 Å². The number of methoxy groups -OCH3 is 1. The molecule has 1 aromatic heterocycles. The third kappa shape index (κ3) is 4.70. The Bertz CT molecular complexity index is 922. The third-order valence-corrected chi connectivity index (χ3v) is 4.36. The summed E-state index contributed by atoms with van der Waals surface area (Å²) in [5.74, 6) is 1.88. The highest BCUT2D eigenvalue weighted by Gasteiger charge is 2.08. The molecule has 1 heterocycles. The molecule has 26 heavy (non-hydrogen) atoms. The van der Waals surface area contributed by atoms with Crippen molar-refractivity contribution >= 4 is 34.0 Å². The van der Waals surface area contributed by atoms with Crippen molar-refractivity contribution in [3.05, 3.63) is 58.9 Å². The Kier molecular flexibility index (Phi) is 6.02. The highest BCUT2D eigenvalue weighted by molar-refractivity contribution is 7.09. The lowest BCUT2D eigenvalue weighted by Gasteiger charge is -2.09. The molecule has 0 saturated carbocycles. The summed E-state index contributed by atoms with van der Waals surface area (Å²) < 4.78 is 15.0. The van der Waals surface area contributed by atoms with Crippen molar-refractivity contribution < 1.29 is 9.47 Å². The van der Waals surface area contributed by atoms with Gasteiger partial charge < -0.3 is 14.8 Å².